The van der Waals surface area contributed by atoms with Gasteiger partial charge in [0.15, 0.2) is 5.83 Å². The molecular weight excluding hydrogens is 823 g/mol. The average molecular weight is 824 g/mol. The summed E-state index contributed by atoms with van der Waals surface area (Å²) in [5.41, 5.74) is 0. The first kappa shape index (κ1) is 46.4. The van der Waals surface area contributed by atoms with Crippen molar-refractivity contribution in [2.24, 2.45) is 0 Å². The van der Waals surface area contributed by atoms with Crippen molar-refractivity contribution in [3.8, 4) is 0 Å². The van der Waals surface area contributed by atoms with Gasteiger partial charge in [-0.2, -0.15) is 118 Å². The highest BCUT2D eigenvalue weighted by atomic mass is 32.2. The fraction of sp³-hybridized carbons (Fsp3) is 0.750. The first-order valence-electron chi connectivity index (χ1n) is 9.95. The summed E-state index contributed by atoms with van der Waals surface area (Å²) in [6, 6.07) is 0. The number of alkyl halides is 25. The number of hydrogen-bond donors (Lipinski definition) is 1. The zero-order chi connectivity index (χ0) is 40.8. The summed E-state index contributed by atoms with van der Waals surface area (Å²) in [6.07, 6.45) is -8.30. The van der Waals surface area contributed by atoms with E-state index in [9.17, 15) is 136 Å². The van der Waals surface area contributed by atoms with E-state index in [1.165, 1.54) is 0 Å². The molecular formula is C16HF29O3S. The second-order valence-corrected chi connectivity index (χ2v) is 9.95. The molecule has 0 aliphatic rings. The Morgan fingerprint density at radius 2 is 0.551 bits per heavy atom. The van der Waals surface area contributed by atoms with Gasteiger partial charge in [-0.05, 0) is 0 Å². The molecule has 0 aromatic rings. The van der Waals surface area contributed by atoms with Crippen molar-refractivity contribution in [3.05, 3.63) is 23.3 Å². The summed E-state index contributed by atoms with van der Waals surface area (Å²) in [5.74, 6) is -116. The van der Waals surface area contributed by atoms with Crippen LogP contribution in [0.4, 0.5) is 127 Å². The topological polar surface area (TPSA) is 54.4 Å². The third-order valence-electron chi connectivity index (χ3n) is 5.34. The molecule has 0 rings (SSSR count). The van der Waals surface area contributed by atoms with Gasteiger partial charge in [-0.25, -0.2) is 17.6 Å². The average Bonchev–Trinajstić information content (AvgIpc) is 2.88. The minimum absolute atomic E-state index is 4.92. The maximum Gasteiger partial charge on any atom is 0.460 e. The van der Waals surface area contributed by atoms with Crippen molar-refractivity contribution in [1.29, 1.82) is 0 Å². The van der Waals surface area contributed by atoms with Crippen molar-refractivity contribution in [1.82, 2.24) is 0 Å². The molecule has 0 saturated carbocycles. The van der Waals surface area contributed by atoms with E-state index in [4.69, 9.17) is 4.55 Å². The van der Waals surface area contributed by atoms with Gasteiger partial charge in [-0.1, -0.05) is 0 Å². The Hall–Kier alpha value is -2.64. The van der Waals surface area contributed by atoms with E-state index >= 15 is 0 Å². The predicted octanol–water partition coefficient (Wildman–Crippen LogP) is 9.68. The molecule has 0 atom stereocenters. The number of halogens is 29. The van der Waals surface area contributed by atoms with Gasteiger partial charge in [0.1, 0.15) is 0 Å². The molecule has 0 fully saturated rings. The van der Waals surface area contributed by atoms with E-state index in [2.05, 4.69) is 0 Å². The highest BCUT2D eigenvalue weighted by Crippen LogP contribution is 2.67. The third-order valence-corrected chi connectivity index (χ3v) is 6.17. The molecule has 49 heavy (non-hydrogen) atoms. The Labute approximate surface area is 245 Å². The molecule has 0 heterocycles. The molecule has 0 aromatic carbocycles. The lowest BCUT2D eigenvalue weighted by Gasteiger charge is -2.45. The summed E-state index contributed by atoms with van der Waals surface area (Å²) in [6.45, 7) is 0. The fourth-order valence-electron chi connectivity index (χ4n) is 2.46. The van der Waals surface area contributed by atoms with Crippen LogP contribution in [0.25, 0.3) is 0 Å². The van der Waals surface area contributed by atoms with Crippen LogP contribution in [0.1, 0.15) is 0 Å². The Balaban J connectivity index is 7.62. The predicted molar refractivity (Wildman–Crippen MR) is 90.5 cm³/mol. The molecule has 0 radical (unpaired) electrons. The zero-order valence-electron chi connectivity index (χ0n) is 20.6. The fourth-order valence-corrected chi connectivity index (χ4v) is 2.78. The minimum Gasteiger partial charge on any atom is -0.281 e. The van der Waals surface area contributed by atoms with E-state index in [0.29, 0.717) is 0 Å². The Morgan fingerprint density at radius 3 is 0.776 bits per heavy atom. The van der Waals surface area contributed by atoms with Crippen LogP contribution in [-0.4, -0.2) is 83.6 Å². The molecule has 3 nitrogen and oxygen atoms in total. The van der Waals surface area contributed by atoms with Crippen LogP contribution in [0.15, 0.2) is 23.3 Å². The summed E-state index contributed by atoms with van der Waals surface area (Å²) < 4.78 is 413. The number of allylic oxidation sites excluding steroid dienone is 3. The van der Waals surface area contributed by atoms with E-state index < -0.39 is 104 Å². The minimum atomic E-state index is -9.88. The molecule has 0 aliphatic carbocycles. The van der Waals surface area contributed by atoms with Gasteiger partial charge in [-0.15, -0.1) is 0 Å². The Morgan fingerprint density at radius 1 is 0.347 bits per heavy atom. The molecule has 0 aliphatic heterocycles. The summed E-state index contributed by atoms with van der Waals surface area (Å²) in [7, 11) is -7.48. The molecule has 0 bridgehead atoms. The van der Waals surface area contributed by atoms with E-state index in [1.807, 2.05) is 0 Å². The van der Waals surface area contributed by atoms with E-state index in [-0.39, 0.29) is 0 Å². The van der Waals surface area contributed by atoms with Crippen LogP contribution < -0.4 is 0 Å². The molecule has 0 aromatic heterocycles. The third kappa shape index (κ3) is 5.89. The van der Waals surface area contributed by atoms with Crippen molar-refractivity contribution in [3.63, 3.8) is 0 Å². The second kappa shape index (κ2) is 11.7. The second-order valence-electron chi connectivity index (χ2n) is 8.49. The van der Waals surface area contributed by atoms with E-state index in [1.54, 1.807) is 0 Å². The highest BCUT2D eigenvalue weighted by molar-refractivity contribution is 7.87. The van der Waals surface area contributed by atoms with Crippen molar-refractivity contribution in [2.45, 2.75) is 70.7 Å². The van der Waals surface area contributed by atoms with Crippen LogP contribution in [0, 0.1) is 0 Å². The van der Waals surface area contributed by atoms with E-state index in [0.717, 1.165) is 0 Å². The number of hydrogen-bond acceptors (Lipinski definition) is 2. The van der Waals surface area contributed by atoms with Crippen molar-refractivity contribution >= 4 is 10.1 Å². The summed E-state index contributed by atoms with van der Waals surface area (Å²) in [4.78, 5) is 0. The zero-order valence-corrected chi connectivity index (χ0v) is 21.4. The normalized spacial score (nSPS) is 17.6. The Bertz CT molecular complexity index is 1450. The van der Waals surface area contributed by atoms with Gasteiger partial charge in [0.05, 0.1) is 0 Å². The molecule has 1 N–H and O–H groups in total. The molecule has 0 amide bonds. The quantitative estimate of drug-likeness (QED) is 0.114. The SMILES string of the molecule is O=S(=O)(O)C(F)(F)/C(F)=C(F)/C(F)=C(\F)C(F)(F)C(F)(F)C(F)(F)C(F)(F)C(F)(F)C(F)(F)C(F)(F)C(F)(F)C(F)(F)C(F)(F)C(F)(F)F. The van der Waals surface area contributed by atoms with Crippen molar-refractivity contribution < 1.29 is 140 Å². The lowest BCUT2D eigenvalue weighted by atomic mass is 9.85. The van der Waals surface area contributed by atoms with Gasteiger partial charge in [0, 0.05) is 0 Å². The maximum absolute atomic E-state index is 13.7. The molecule has 0 saturated heterocycles. The van der Waals surface area contributed by atoms with Gasteiger partial charge < -0.3 is 0 Å². The molecule has 0 unspecified atom stereocenters. The summed E-state index contributed by atoms with van der Waals surface area (Å²) >= 11 is 0. The highest BCUT2D eigenvalue weighted by Gasteiger charge is 2.99. The molecule has 292 valence electrons. The molecule has 33 heteroatoms. The lowest BCUT2D eigenvalue weighted by molar-refractivity contribution is -0.478. The maximum atomic E-state index is 13.7. The van der Waals surface area contributed by atoms with Crippen LogP contribution in [0.3, 0.4) is 0 Å². The van der Waals surface area contributed by atoms with Gasteiger partial charge >= 0.3 is 80.8 Å². The van der Waals surface area contributed by atoms with Crippen LogP contribution in [-0.2, 0) is 10.1 Å². The van der Waals surface area contributed by atoms with Gasteiger partial charge in [0.2, 0.25) is 17.5 Å². The lowest BCUT2D eigenvalue weighted by Crippen LogP contribution is -2.77. The van der Waals surface area contributed by atoms with Gasteiger partial charge in [-0.3, -0.25) is 4.55 Å². The largest absolute Gasteiger partial charge is 0.460 e. The van der Waals surface area contributed by atoms with Crippen LogP contribution in [0.5, 0.6) is 0 Å². The smallest absolute Gasteiger partial charge is 0.281 e. The monoisotopic (exact) mass is 824 g/mol. The Kier molecular flexibility index (Phi) is 11.1. The molecule has 0 spiro atoms. The van der Waals surface area contributed by atoms with Crippen LogP contribution >= 0.6 is 0 Å². The van der Waals surface area contributed by atoms with Gasteiger partial charge in [0.25, 0.3) is 0 Å². The first-order valence-corrected chi connectivity index (χ1v) is 11.4. The standard InChI is InChI=1S/C16HF29O3S/c17-1(2(18)4(20)6(23,24)49(46,47)48)3(19)5(21,22)7(25,26)8(27,28)9(29,30)10(31,32)11(33,34)12(35,36)13(37,38)14(39,40)15(41,42)16(43,44)45/h(H,46,47,48)/b3-1+,4-2+. The van der Waals surface area contributed by atoms with Crippen LogP contribution in [0.2, 0.25) is 0 Å². The van der Waals surface area contributed by atoms with Crippen molar-refractivity contribution in [2.75, 3.05) is 0 Å². The summed E-state index contributed by atoms with van der Waals surface area (Å²) in [5, 5.41) is -6.99. The first-order chi connectivity index (χ1) is 20.6. The number of rotatable bonds is 13.